The van der Waals surface area contributed by atoms with Crippen molar-refractivity contribution in [3.05, 3.63) is 41.7 Å². The summed E-state index contributed by atoms with van der Waals surface area (Å²) >= 11 is 0. The molecule has 6 nitrogen and oxygen atoms in total. The van der Waals surface area contributed by atoms with Crippen LogP contribution in [0.3, 0.4) is 0 Å². The van der Waals surface area contributed by atoms with Gasteiger partial charge in [0.25, 0.3) is 5.91 Å². The lowest BCUT2D eigenvalue weighted by Crippen LogP contribution is -2.41. The molecule has 0 aliphatic carbocycles. The Kier molecular flexibility index (Phi) is 3.45. The molecule has 3 heterocycles. The van der Waals surface area contributed by atoms with Crippen molar-refractivity contribution >= 4 is 5.91 Å². The summed E-state index contributed by atoms with van der Waals surface area (Å²) in [6, 6.07) is 3.49. The quantitative estimate of drug-likeness (QED) is 0.846. The van der Waals surface area contributed by atoms with Crippen LogP contribution in [0.1, 0.15) is 54.7 Å². The van der Waals surface area contributed by atoms with E-state index in [2.05, 4.69) is 33.6 Å². The van der Waals surface area contributed by atoms with Crippen LogP contribution >= 0.6 is 0 Å². The summed E-state index contributed by atoms with van der Waals surface area (Å²) in [5.41, 5.74) is 0.612. The minimum Gasteiger partial charge on any atom is -0.327 e. The molecule has 2 aromatic rings. The van der Waals surface area contributed by atoms with Crippen LogP contribution in [0.25, 0.3) is 0 Å². The number of amides is 1. The zero-order valence-corrected chi connectivity index (χ0v) is 12.5. The van der Waals surface area contributed by atoms with Gasteiger partial charge in [-0.15, -0.1) is 10.2 Å². The number of fused-ring (bicyclic) bond motifs is 1. The minimum absolute atomic E-state index is 0.00375. The van der Waals surface area contributed by atoms with Gasteiger partial charge in [0, 0.05) is 31.4 Å². The molecule has 0 radical (unpaired) electrons. The van der Waals surface area contributed by atoms with Crippen molar-refractivity contribution in [2.24, 2.45) is 0 Å². The van der Waals surface area contributed by atoms with Crippen molar-refractivity contribution in [3.63, 3.8) is 0 Å². The second-order valence-electron chi connectivity index (χ2n) is 5.64. The monoisotopic (exact) mass is 285 g/mol. The molecule has 0 N–H and O–H groups in total. The van der Waals surface area contributed by atoms with Crippen molar-refractivity contribution in [2.75, 3.05) is 6.54 Å². The van der Waals surface area contributed by atoms with E-state index in [-0.39, 0.29) is 11.9 Å². The molecular formula is C15H19N5O. The van der Waals surface area contributed by atoms with Gasteiger partial charge in [0.05, 0.1) is 11.6 Å². The van der Waals surface area contributed by atoms with Crippen molar-refractivity contribution in [1.29, 1.82) is 0 Å². The Morgan fingerprint density at radius 2 is 2.14 bits per heavy atom. The van der Waals surface area contributed by atoms with E-state index in [1.165, 1.54) is 0 Å². The second-order valence-corrected chi connectivity index (χ2v) is 5.64. The fraction of sp³-hybridized carbons (Fsp3) is 0.467. The van der Waals surface area contributed by atoms with Crippen LogP contribution in [0.2, 0.25) is 0 Å². The van der Waals surface area contributed by atoms with Crippen LogP contribution in [0.15, 0.2) is 24.5 Å². The number of carbonyl (C=O) groups excluding carboxylic acids is 1. The van der Waals surface area contributed by atoms with Crippen LogP contribution < -0.4 is 0 Å². The van der Waals surface area contributed by atoms with Gasteiger partial charge in [0.1, 0.15) is 5.82 Å². The molecule has 0 spiro atoms. The molecule has 0 saturated heterocycles. The summed E-state index contributed by atoms with van der Waals surface area (Å²) < 4.78 is 2.14. The first-order valence-corrected chi connectivity index (χ1v) is 7.23. The molecule has 0 fully saturated rings. The van der Waals surface area contributed by atoms with E-state index in [1.807, 2.05) is 11.8 Å². The van der Waals surface area contributed by atoms with Gasteiger partial charge >= 0.3 is 0 Å². The zero-order chi connectivity index (χ0) is 15.0. The standard InChI is InChI=1S/C15H19N5O/c1-10(2)13-17-18-14-11(3)19(7-8-20(13)14)15(21)12-5-4-6-16-9-12/h4-6,9-11H,7-8H2,1-3H3/t11-/m1/s1. The third kappa shape index (κ3) is 2.30. The molecule has 1 atom stereocenters. The highest BCUT2D eigenvalue weighted by Gasteiger charge is 2.32. The molecule has 0 aromatic carbocycles. The Bertz CT molecular complexity index is 649. The molecule has 21 heavy (non-hydrogen) atoms. The van der Waals surface area contributed by atoms with E-state index in [0.29, 0.717) is 18.0 Å². The number of hydrogen-bond donors (Lipinski definition) is 0. The summed E-state index contributed by atoms with van der Waals surface area (Å²) in [5, 5.41) is 8.57. The average molecular weight is 285 g/mol. The van der Waals surface area contributed by atoms with Crippen molar-refractivity contribution in [1.82, 2.24) is 24.6 Å². The van der Waals surface area contributed by atoms with Crippen LogP contribution in [-0.2, 0) is 6.54 Å². The fourth-order valence-electron chi connectivity index (χ4n) is 2.77. The first-order valence-electron chi connectivity index (χ1n) is 7.23. The van der Waals surface area contributed by atoms with Crippen LogP contribution in [0.4, 0.5) is 0 Å². The Balaban J connectivity index is 1.89. The minimum atomic E-state index is -0.0774. The van der Waals surface area contributed by atoms with E-state index in [4.69, 9.17) is 0 Å². The van der Waals surface area contributed by atoms with E-state index < -0.39 is 0 Å². The van der Waals surface area contributed by atoms with E-state index >= 15 is 0 Å². The molecular weight excluding hydrogens is 266 g/mol. The smallest absolute Gasteiger partial charge is 0.256 e. The van der Waals surface area contributed by atoms with Gasteiger partial charge < -0.3 is 9.47 Å². The van der Waals surface area contributed by atoms with Gasteiger partial charge in [-0.05, 0) is 19.1 Å². The summed E-state index contributed by atoms with van der Waals surface area (Å²) in [6.07, 6.45) is 3.27. The predicted molar refractivity (Wildman–Crippen MR) is 77.8 cm³/mol. The number of nitrogens with zero attached hydrogens (tertiary/aromatic N) is 5. The molecule has 6 heteroatoms. The van der Waals surface area contributed by atoms with Crippen molar-refractivity contribution < 1.29 is 4.79 Å². The largest absolute Gasteiger partial charge is 0.327 e. The summed E-state index contributed by atoms with van der Waals surface area (Å²) in [5.74, 6) is 2.18. The molecule has 1 aliphatic rings. The molecule has 2 aromatic heterocycles. The van der Waals surface area contributed by atoms with Gasteiger partial charge in [-0.2, -0.15) is 0 Å². The van der Waals surface area contributed by atoms with Gasteiger partial charge in [-0.3, -0.25) is 9.78 Å². The highest BCUT2D eigenvalue weighted by molar-refractivity contribution is 5.94. The lowest BCUT2D eigenvalue weighted by Gasteiger charge is -2.34. The lowest BCUT2D eigenvalue weighted by atomic mass is 10.1. The maximum atomic E-state index is 12.6. The normalized spacial score (nSPS) is 17.9. The number of aromatic nitrogens is 4. The summed E-state index contributed by atoms with van der Waals surface area (Å²) in [7, 11) is 0. The predicted octanol–water partition coefficient (Wildman–Crippen LogP) is 2.01. The van der Waals surface area contributed by atoms with Crippen molar-refractivity contribution in [3.8, 4) is 0 Å². The van der Waals surface area contributed by atoms with E-state index in [9.17, 15) is 4.79 Å². The summed E-state index contributed by atoms with van der Waals surface area (Å²) in [4.78, 5) is 18.4. The van der Waals surface area contributed by atoms with Gasteiger partial charge in [-0.25, -0.2) is 0 Å². The van der Waals surface area contributed by atoms with E-state index in [1.54, 1.807) is 24.5 Å². The number of rotatable bonds is 2. The Hall–Kier alpha value is -2.24. The van der Waals surface area contributed by atoms with Crippen LogP contribution in [0, 0.1) is 0 Å². The first kappa shape index (κ1) is 13.7. The van der Waals surface area contributed by atoms with Gasteiger partial charge in [-0.1, -0.05) is 13.8 Å². The highest BCUT2D eigenvalue weighted by Crippen LogP contribution is 2.27. The zero-order valence-electron chi connectivity index (χ0n) is 12.5. The first-order chi connectivity index (χ1) is 10.1. The van der Waals surface area contributed by atoms with Gasteiger partial charge in [0.2, 0.25) is 0 Å². The lowest BCUT2D eigenvalue weighted by molar-refractivity contribution is 0.0635. The SMILES string of the molecule is CC(C)c1nnc2n1CCN(C(=O)c1cccnc1)[C@@H]2C. The average Bonchev–Trinajstić information content (AvgIpc) is 2.93. The number of pyridine rings is 1. The Labute approximate surface area is 123 Å². The van der Waals surface area contributed by atoms with Crippen molar-refractivity contribution in [2.45, 2.75) is 39.3 Å². The molecule has 0 saturated carbocycles. The molecule has 0 bridgehead atoms. The molecule has 110 valence electrons. The molecule has 3 rings (SSSR count). The highest BCUT2D eigenvalue weighted by atomic mass is 16.2. The fourth-order valence-corrected chi connectivity index (χ4v) is 2.77. The van der Waals surface area contributed by atoms with Crippen LogP contribution in [0.5, 0.6) is 0 Å². The molecule has 0 unspecified atom stereocenters. The summed E-state index contributed by atoms with van der Waals surface area (Å²) in [6.45, 7) is 7.62. The van der Waals surface area contributed by atoms with Crippen LogP contribution in [-0.4, -0.2) is 37.1 Å². The maximum absolute atomic E-state index is 12.6. The third-order valence-corrected chi connectivity index (χ3v) is 3.90. The van der Waals surface area contributed by atoms with E-state index in [0.717, 1.165) is 18.2 Å². The number of hydrogen-bond acceptors (Lipinski definition) is 4. The Morgan fingerprint density at radius 3 is 2.81 bits per heavy atom. The third-order valence-electron chi connectivity index (χ3n) is 3.90. The topological polar surface area (TPSA) is 63.9 Å². The Morgan fingerprint density at radius 1 is 1.33 bits per heavy atom. The maximum Gasteiger partial charge on any atom is 0.256 e. The second kappa shape index (κ2) is 5.27. The number of carbonyl (C=O) groups is 1. The molecule has 1 amide bonds. The van der Waals surface area contributed by atoms with Gasteiger partial charge in [0.15, 0.2) is 5.82 Å². The molecule has 1 aliphatic heterocycles.